The van der Waals surface area contributed by atoms with Crippen molar-refractivity contribution < 1.29 is 39.0 Å². The molecule has 4 rings (SSSR count). The third-order valence-electron chi connectivity index (χ3n) is 7.99. The summed E-state index contributed by atoms with van der Waals surface area (Å²) >= 11 is 0. The number of carbonyl (C=O) groups is 5. The minimum atomic E-state index is -1.46. The van der Waals surface area contributed by atoms with Crippen LogP contribution in [0.1, 0.15) is 50.7 Å². The average Bonchev–Trinajstić information content (AvgIpc) is 3.00. The Hall–Kier alpha value is -4.65. The maximum atomic E-state index is 14.1. The van der Waals surface area contributed by atoms with Gasteiger partial charge < -0.3 is 31.1 Å². The predicted octanol–water partition coefficient (Wildman–Crippen LogP) is 2.02. The highest BCUT2D eigenvalue weighted by molar-refractivity contribution is 5.95. The zero-order valence-electron chi connectivity index (χ0n) is 25.5. The van der Waals surface area contributed by atoms with Crippen molar-refractivity contribution >= 4 is 29.7 Å². The fourth-order valence-corrected chi connectivity index (χ4v) is 5.83. The molecule has 4 atom stereocenters. The number of carboxylic acid groups (broad SMARTS) is 1. The molecule has 5 N–H and O–H groups in total. The van der Waals surface area contributed by atoms with Crippen molar-refractivity contribution in [1.29, 1.82) is 0 Å². The Balaban J connectivity index is 1.58. The fourth-order valence-electron chi connectivity index (χ4n) is 5.83. The van der Waals surface area contributed by atoms with Crippen molar-refractivity contribution in [2.75, 3.05) is 13.1 Å². The smallest absolute Gasteiger partial charge is 0.433 e. The number of hydrogen-bond acceptors (Lipinski definition) is 7. The molecule has 2 aliphatic heterocycles. The number of phenolic OH excluding ortho intramolecular Hbond substituents is 1. The zero-order valence-corrected chi connectivity index (χ0v) is 25.5. The van der Waals surface area contributed by atoms with Gasteiger partial charge in [-0.05, 0) is 54.9 Å². The lowest BCUT2D eigenvalue weighted by atomic mass is 9.95. The second-order valence-electron chi connectivity index (χ2n) is 11.8. The van der Waals surface area contributed by atoms with E-state index in [1.807, 2.05) is 19.9 Å². The quantitative estimate of drug-likeness (QED) is 0.244. The number of rotatable bonds is 13. The third-order valence-corrected chi connectivity index (χ3v) is 7.99. The molecule has 2 unspecified atom stereocenters. The van der Waals surface area contributed by atoms with E-state index in [1.165, 1.54) is 9.80 Å². The molecule has 45 heavy (non-hydrogen) atoms. The number of nitrogens with two attached hydrogens (primary N) is 1. The van der Waals surface area contributed by atoms with Crippen LogP contribution in [0.3, 0.4) is 0 Å². The van der Waals surface area contributed by atoms with E-state index in [2.05, 4.69) is 5.32 Å². The van der Waals surface area contributed by atoms with E-state index in [0.29, 0.717) is 24.4 Å². The molecule has 0 radical (unpaired) electrons. The molecule has 2 saturated heterocycles. The fraction of sp³-hybridized carbons (Fsp3) is 0.469. The first kappa shape index (κ1) is 33.2. The van der Waals surface area contributed by atoms with Gasteiger partial charge in [0.05, 0.1) is 6.54 Å². The number of aromatic hydroxyl groups is 1. The molecule has 2 aliphatic rings. The summed E-state index contributed by atoms with van der Waals surface area (Å²) in [5, 5.41) is 23.2. The predicted molar refractivity (Wildman–Crippen MR) is 162 cm³/mol. The lowest BCUT2D eigenvalue weighted by molar-refractivity contribution is -0.265. The summed E-state index contributed by atoms with van der Waals surface area (Å²) in [4.78, 5) is 74.0. The largest absolute Gasteiger partial charge is 0.508 e. The monoisotopic (exact) mass is 623 g/mol. The van der Waals surface area contributed by atoms with Crippen LogP contribution in [0.2, 0.25) is 0 Å². The molecule has 2 heterocycles. The van der Waals surface area contributed by atoms with Crippen LogP contribution in [0.5, 0.6) is 5.75 Å². The van der Waals surface area contributed by atoms with E-state index in [0.717, 1.165) is 11.1 Å². The molecular formula is C32H41N5O8. The van der Waals surface area contributed by atoms with Crippen LogP contribution in [-0.2, 0) is 36.9 Å². The van der Waals surface area contributed by atoms with Gasteiger partial charge in [-0.3, -0.25) is 24.0 Å². The number of fused-ring (bicyclic) bond motifs is 1. The van der Waals surface area contributed by atoms with Crippen LogP contribution in [0.4, 0.5) is 4.79 Å². The van der Waals surface area contributed by atoms with Gasteiger partial charge in [0.1, 0.15) is 17.8 Å². The van der Waals surface area contributed by atoms with Crippen LogP contribution < -0.4 is 11.1 Å². The van der Waals surface area contributed by atoms with Crippen molar-refractivity contribution in [1.82, 2.24) is 20.2 Å². The number of carbonyl (C=O) groups excluding carboxylic acids is 4. The van der Waals surface area contributed by atoms with Crippen molar-refractivity contribution in [2.45, 2.75) is 76.7 Å². The highest BCUT2D eigenvalue weighted by Gasteiger charge is 2.54. The van der Waals surface area contributed by atoms with E-state index in [4.69, 9.17) is 10.6 Å². The highest BCUT2D eigenvalue weighted by Crippen LogP contribution is 2.32. The number of aryl methyl sites for hydroxylation is 1. The van der Waals surface area contributed by atoms with Crippen molar-refractivity contribution in [2.24, 2.45) is 11.7 Å². The number of phenols is 1. The lowest BCUT2D eigenvalue weighted by Gasteiger charge is -2.53. The number of nitrogens with zero attached hydrogens (tertiary/aromatic N) is 3. The second-order valence-corrected chi connectivity index (χ2v) is 11.8. The second kappa shape index (κ2) is 14.9. The van der Waals surface area contributed by atoms with Crippen LogP contribution in [-0.4, -0.2) is 92.2 Å². The number of piperazine rings is 1. The first-order valence-electron chi connectivity index (χ1n) is 15.2. The average molecular weight is 624 g/mol. The molecule has 13 heteroatoms. The molecule has 0 aliphatic carbocycles. The Bertz CT molecular complexity index is 1370. The van der Waals surface area contributed by atoms with Crippen molar-refractivity contribution in [3.63, 3.8) is 0 Å². The summed E-state index contributed by atoms with van der Waals surface area (Å²) in [5.41, 5.74) is 7.14. The Kier molecular flexibility index (Phi) is 11.0. The Morgan fingerprint density at radius 2 is 1.71 bits per heavy atom. The summed E-state index contributed by atoms with van der Waals surface area (Å²) in [6, 6.07) is 13.5. The van der Waals surface area contributed by atoms with E-state index in [9.17, 15) is 34.2 Å². The summed E-state index contributed by atoms with van der Waals surface area (Å²) in [6.45, 7) is 3.84. The number of benzene rings is 2. The first-order valence-corrected chi connectivity index (χ1v) is 15.2. The van der Waals surface area contributed by atoms with Crippen molar-refractivity contribution in [3.8, 4) is 5.75 Å². The SMILES string of the molecule is CC(C)CC(C(=O)NCCCc1ccc(O)cc1)N1CC2N(C(=O)O)O[C@H](Cc3ccccc3)C(=O)N2[C@@H](CCC(N)=O)C1=O. The van der Waals surface area contributed by atoms with E-state index in [1.54, 1.807) is 48.5 Å². The number of primary amides is 1. The van der Waals surface area contributed by atoms with Gasteiger partial charge in [0, 0.05) is 19.4 Å². The van der Waals surface area contributed by atoms with E-state index >= 15 is 0 Å². The Morgan fingerprint density at radius 3 is 2.33 bits per heavy atom. The van der Waals surface area contributed by atoms with Crippen LogP contribution in [0, 0.1) is 5.92 Å². The van der Waals surface area contributed by atoms with Gasteiger partial charge in [-0.1, -0.05) is 56.3 Å². The normalized spacial score (nSPS) is 20.6. The maximum absolute atomic E-state index is 14.1. The molecule has 0 aromatic heterocycles. The third kappa shape index (κ3) is 8.29. The minimum Gasteiger partial charge on any atom is -0.508 e. The summed E-state index contributed by atoms with van der Waals surface area (Å²) in [7, 11) is 0. The van der Waals surface area contributed by atoms with E-state index < -0.39 is 54.1 Å². The summed E-state index contributed by atoms with van der Waals surface area (Å²) in [5.74, 6) is -2.07. The molecule has 0 bridgehead atoms. The highest BCUT2D eigenvalue weighted by atomic mass is 16.7. The van der Waals surface area contributed by atoms with Gasteiger partial charge in [-0.25, -0.2) is 4.79 Å². The number of nitrogens with one attached hydrogen (secondary N) is 1. The van der Waals surface area contributed by atoms with Crippen LogP contribution in [0.25, 0.3) is 0 Å². The lowest BCUT2D eigenvalue weighted by Crippen LogP contribution is -2.75. The maximum Gasteiger partial charge on any atom is 0.433 e. The molecular weight excluding hydrogens is 582 g/mol. The van der Waals surface area contributed by atoms with Gasteiger partial charge in [0.25, 0.3) is 5.91 Å². The molecule has 2 aromatic carbocycles. The van der Waals surface area contributed by atoms with Gasteiger partial charge in [0.2, 0.25) is 17.7 Å². The van der Waals surface area contributed by atoms with Crippen LogP contribution in [0.15, 0.2) is 54.6 Å². The molecule has 0 saturated carbocycles. The van der Waals surface area contributed by atoms with Crippen molar-refractivity contribution in [3.05, 3.63) is 65.7 Å². The number of hydrogen-bond donors (Lipinski definition) is 4. The van der Waals surface area contributed by atoms with Gasteiger partial charge in [-0.15, -0.1) is 0 Å². The van der Waals surface area contributed by atoms with Crippen LogP contribution >= 0.6 is 0 Å². The molecule has 13 nitrogen and oxygen atoms in total. The Morgan fingerprint density at radius 1 is 1.02 bits per heavy atom. The standard InChI is InChI=1S/C32H41N5O8/c1-20(2)17-25(29(40)34-16-6-9-21-10-12-23(38)13-11-21)35-19-28-36(24(30(35)41)14-15-27(33)39)31(42)26(45-37(28)32(43)44)18-22-7-4-3-5-8-22/h3-5,7-8,10-13,20,24-26,28,38H,6,9,14-19H2,1-2H3,(H2,33,39)(H,34,40)(H,43,44)/t24-,25?,26+,28?/m0/s1. The van der Waals surface area contributed by atoms with Gasteiger partial charge >= 0.3 is 6.09 Å². The molecule has 5 amide bonds. The zero-order chi connectivity index (χ0) is 32.7. The summed E-state index contributed by atoms with van der Waals surface area (Å²) in [6.07, 6.45) is -2.68. The number of amides is 5. The van der Waals surface area contributed by atoms with Gasteiger partial charge in [-0.2, -0.15) is 5.06 Å². The Labute approximate surface area is 261 Å². The summed E-state index contributed by atoms with van der Waals surface area (Å²) < 4.78 is 0. The molecule has 2 aromatic rings. The number of hydroxylamine groups is 2. The molecule has 242 valence electrons. The van der Waals surface area contributed by atoms with E-state index in [-0.39, 0.29) is 43.9 Å². The first-order chi connectivity index (χ1) is 21.5. The molecule has 2 fully saturated rings. The minimum absolute atomic E-state index is 0.0114. The van der Waals surface area contributed by atoms with Gasteiger partial charge in [0.15, 0.2) is 12.3 Å². The molecule has 0 spiro atoms. The topological polar surface area (TPSA) is 183 Å².